The topological polar surface area (TPSA) is 38.2 Å². The van der Waals surface area contributed by atoms with Crippen molar-refractivity contribution in [1.82, 2.24) is 9.97 Å². The number of aryl methyl sites for hydroxylation is 1. The molecule has 1 saturated heterocycles. The first-order valence-electron chi connectivity index (χ1n) is 8.30. The van der Waals surface area contributed by atoms with Crippen molar-refractivity contribution in [2.75, 3.05) is 18.0 Å². The molecule has 1 aromatic heterocycles. The quantitative estimate of drug-likeness (QED) is 0.807. The highest BCUT2D eigenvalue weighted by Gasteiger charge is 2.31. The third kappa shape index (κ3) is 4.21. The highest BCUT2D eigenvalue weighted by molar-refractivity contribution is 5.69. The van der Waals surface area contributed by atoms with Crippen molar-refractivity contribution in [3.05, 3.63) is 35.7 Å². The third-order valence-electron chi connectivity index (χ3n) is 4.25. The summed E-state index contributed by atoms with van der Waals surface area (Å²) >= 11 is 0. The molecule has 0 N–H and O–H groups in total. The molecule has 1 aromatic carbocycles. The van der Waals surface area contributed by atoms with Gasteiger partial charge >= 0.3 is 6.36 Å². The molecule has 4 nitrogen and oxygen atoms in total. The number of piperidine rings is 1. The van der Waals surface area contributed by atoms with E-state index >= 15 is 0 Å². The predicted octanol–water partition coefficient (Wildman–Crippen LogP) is 4.65. The molecule has 1 fully saturated rings. The molecule has 0 atom stereocenters. The van der Waals surface area contributed by atoms with E-state index in [0.717, 1.165) is 48.6 Å². The van der Waals surface area contributed by atoms with Gasteiger partial charge in [-0.1, -0.05) is 0 Å². The monoisotopic (exact) mass is 351 g/mol. The fourth-order valence-corrected chi connectivity index (χ4v) is 3.12. The van der Waals surface area contributed by atoms with Gasteiger partial charge in [-0.3, -0.25) is 0 Å². The molecule has 7 heteroatoms. The second-order valence-corrected chi connectivity index (χ2v) is 6.19. The molecule has 1 aliphatic heterocycles. The molecule has 0 aliphatic carbocycles. The number of alkyl halides is 3. The van der Waals surface area contributed by atoms with Crippen molar-refractivity contribution < 1.29 is 17.9 Å². The lowest BCUT2D eigenvalue weighted by atomic mass is 10.1. The van der Waals surface area contributed by atoms with Crippen LogP contribution in [0, 0.1) is 13.8 Å². The lowest BCUT2D eigenvalue weighted by Gasteiger charge is -2.29. The third-order valence-corrected chi connectivity index (χ3v) is 4.25. The van der Waals surface area contributed by atoms with Crippen LogP contribution < -0.4 is 9.64 Å². The van der Waals surface area contributed by atoms with Gasteiger partial charge < -0.3 is 9.64 Å². The van der Waals surface area contributed by atoms with Gasteiger partial charge in [0.2, 0.25) is 0 Å². The zero-order chi connectivity index (χ0) is 18.0. The molecule has 0 bridgehead atoms. The number of nitrogens with zero attached hydrogens (tertiary/aromatic N) is 3. The van der Waals surface area contributed by atoms with Gasteiger partial charge in [-0.25, -0.2) is 9.97 Å². The summed E-state index contributed by atoms with van der Waals surface area (Å²) in [5.74, 6) is 1.32. The van der Waals surface area contributed by atoms with Crippen LogP contribution >= 0.6 is 0 Å². The first kappa shape index (κ1) is 17.5. The average Bonchev–Trinajstić information content (AvgIpc) is 2.57. The fraction of sp³-hybridized carbons (Fsp3) is 0.444. The van der Waals surface area contributed by atoms with E-state index < -0.39 is 6.36 Å². The minimum Gasteiger partial charge on any atom is -0.406 e. The van der Waals surface area contributed by atoms with Crippen molar-refractivity contribution in [2.45, 2.75) is 39.5 Å². The Hall–Kier alpha value is -2.31. The Morgan fingerprint density at radius 3 is 2.20 bits per heavy atom. The van der Waals surface area contributed by atoms with E-state index in [9.17, 15) is 13.2 Å². The summed E-state index contributed by atoms with van der Waals surface area (Å²) in [4.78, 5) is 11.4. The largest absolute Gasteiger partial charge is 0.573 e. The van der Waals surface area contributed by atoms with Gasteiger partial charge in [0.15, 0.2) is 0 Å². The fourth-order valence-electron chi connectivity index (χ4n) is 3.12. The van der Waals surface area contributed by atoms with Gasteiger partial charge in [-0.2, -0.15) is 0 Å². The van der Waals surface area contributed by atoms with Crippen LogP contribution in [0.5, 0.6) is 5.75 Å². The standard InChI is InChI=1S/C18H20F3N3O/c1-12-16(14-6-8-15(9-7-14)25-18(19,20)21)22-13(2)23-17(12)24-10-4-3-5-11-24/h6-9H,3-5,10-11H2,1-2H3. The number of anilines is 1. The predicted molar refractivity (Wildman–Crippen MR) is 89.7 cm³/mol. The second kappa shape index (κ2) is 6.90. The van der Waals surface area contributed by atoms with Gasteiger partial charge in [0.1, 0.15) is 17.4 Å². The van der Waals surface area contributed by atoms with E-state index in [1.54, 1.807) is 12.1 Å². The summed E-state index contributed by atoms with van der Waals surface area (Å²) in [7, 11) is 0. The van der Waals surface area contributed by atoms with Gasteiger partial charge in [0.25, 0.3) is 0 Å². The van der Waals surface area contributed by atoms with Gasteiger partial charge in [-0.15, -0.1) is 13.2 Å². The van der Waals surface area contributed by atoms with Crippen LogP contribution in [-0.2, 0) is 0 Å². The van der Waals surface area contributed by atoms with Gasteiger partial charge in [0, 0.05) is 24.2 Å². The first-order chi connectivity index (χ1) is 11.8. The molecule has 2 aromatic rings. The van der Waals surface area contributed by atoms with E-state index in [1.165, 1.54) is 18.6 Å². The molecule has 0 radical (unpaired) electrons. The molecule has 3 rings (SSSR count). The Morgan fingerprint density at radius 2 is 1.60 bits per heavy atom. The van der Waals surface area contributed by atoms with Crippen molar-refractivity contribution in [3.63, 3.8) is 0 Å². The molecule has 0 amide bonds. The number of hydrogen-bond acceptors (Lipinski definition) is 4. The van der Waals surface area contributed by atoms with Crippen molar-refractivity contribution in [1.29, 1.82) is 0 Å². The summed E-state index contributed by atoms with van der Waals surface area (Å²) in [6.45, 7) is 5.72. The Labute approximate surface area is 144 Å². The lowest BCUT2D eigenvalue weighted by Crippen LogP contribution is -2.31. The van der Waals surface area contributed by atoms with E-state index in [2.05, 4.69) is 19.6 Å². The summed E-state index contributed by atoms with van der Waals surface area (Å²) in [6.07, 6.45) is -1.18. The summed E-state index contributed by atoms with van der Waals surface area (Å²) in [6, 6.07) is 5.80. The van der Waals surface area contributed by atoms with Crippen molar-refractivity contribution >= 4 is 5.82 Å². The van der Waals surface area contributed by atoms with Crippen LogP contribution in [0.2, 0.25) is 0 Å². The lowest BCUT2D eigenvalue weighted by molar-refractivity contribution is -0.274. The zero-order valence-corrected chi connectivity index (χ0v) is 14.2. The molecule has 0 unspecified atom stereocenters. The summed E-state index contributed by atoms with van der Waals surface area (Å²) < 4.78 is 40.8. The molecule has 2 heterocycles. The van der Waals surface area contributed by atoms with Crippen LogP contribution in [0.1, 0.15) is 30.7 Å². The minimum atomic E-state index is -4.69. The Balaban J connectivity index is 1.92. The Kier molecular flexibility index (Phi) is 4.83. The molecule has 25 heavy (non-hydrogen) atoms. The number of hydrogen-bond donors (Lipinski definition) is 0. The van der Waals surface area contributed by atoms with Crippen molar-refractivity contribution in [2.24, 2.45) is 0 Å². The summed E-state index contributed by atoms with van der Waals surface area (Å²) in [5.41, 5.74) is 2.43. The van der Waals surface area contributed by atoms with Crippen LogP contribution in [0.15, 0.2) is 24.3 Å². The summed E-state index contributed by atoms with van der Waals surface area (Å²) in [5, 5.41) is 0. The number of rotatable bonds is 3. The number of ether oxygens (including phenoxy) is 1. The maximum atomic E-state index is 12.3. The SMILES string of the molecule is Cc1nc(-c2ccc(OC(F)(F)F)cc2)c(C)c(N2CCCCC2)n1. The minimum absolute atomic E-state index is 0.240. The van der Waals surface area contributed by atoms with E-state index in [1.807, 2.05) is 13.8 Å². The molecule has 0 saturated carbocycles. The second-order valence-electron chi connectivity index (χ2n) is 6.19. The zero-order valence-electron chi connectivity index (χ0n) is 14.2. The van der Waals surface area contributed by atoms with Gasteiger partial charge in [0.05, 0.1) is 5.69 Å². The maximum absolute atomic E-state index is 12.3. The van der Waals surface area contributed by atoms with Crippen LogP contribution in [0.3, 0.4) is 0 Å². The van der Waals surface area contributed by atoms with Crippen LogP contribution in [-0.4, -0.2) is 29.4 Å². The molecule has 1 aliphatic rings. The van der Waals surface area contributed by atoms with Gasteiger partial charge in [-0.05, 0) is 57.4 Å². The highest BCUT2D eigenvalue weighted by atomic mass is 19.4. The normalized spacial score (nSPS) is 15.3. The number of halogens is 3. The Bertz CT molecular complexity index is 738. The molecule has 134 valence electrons. The highest BCUT2D eigenvalue weighted by Crippen LogP contribution is 2.31. The van der Waals surface area contributed by atoms with Crippen molar-refractivity contribution in [3.8, 4) is 17.0 Å². The smallest absolute Gasteiger partial charge is 0.406 e. The van der Waals surface area contributed by atoms with Crippen LogP contribution in [0.4, 0.5) is 19.0 Å². The molecular weight excluding hydrogens is 331 g/mol. The van der Waals surface area contributed by atoms with E-state index in [0.29, 0.717) is 5.82 Å². The first-order valence-corrected chi connectivity index (χ1v) is 8.30. The van der Waals surface area contributed by atoms with E-state index in [4.69, 9.17) is 0 Å². The van der Waals surface area contributed by atoms with Crippen LogP contribution in [0.25, 0.3) is 11.3 Å². The van der Waals surface area contributed by atoms with E-state index in [-0.39, 0.29) is 5.75 Å². The number of aromatic nitrogens is 2. The molecular formula is C18H20F3N3O. The number of benzene rings is 1. The Morgan fingerprint density at radius 1 is 0.960 bits per heavy atom. The average molecular weight is 351 g/mol. The molecule has 0 spiro atoms. The maximum Gasteiger partial charge on any atom is 0.573 e.